The first-order valence-electron chi connectivity index (χ1n) is 11.4. The molecule has 6 nitrogen and oxygen atoms in total. The highest BCUT2D eigenvalue weighted by atomic mass is 19.2. The van der Waals surface area contributed by atoms with Crippen LogP contribution in [-0.4, -0.2) is 34.2 Å². The number of methoxy groups -OCH3 is 1. The Balaban J connectivity index is 1.59. The average Bonchev–Trinajstić information content (AvgIpc) is 3.47. The van der Waals surface area contributed by atoms with Gasteiger partial charge in [0.2, 0.25) is 0 Å². The van der Waals surface area contributed by atoms with Crippen molar-refractivity contribution < 1.29 is 18.3 Å². The minimum atomic E-state index is -1.000. The van der Waals surface area contributed by atoms with Crippen molar-refractivity contribution in [2.75, 3.05) is 13.7 Å². The number of nitrogens with zero attached hydrogens (tertiary/aromatic N) is 4. The number of hydrogen-bond donors (Lipinski definition) is 0. The second-order valence-corrected chi connectivity index (χ2v) is 8.60. The fourth-order valence-electron chi connectivity index (χ4n) is 4.93. The maximum absolute atomic E-state index is 14.2. The van der Waals surface area contributed by atoms with Gasteiger partial charge >= 0.3 is 0 Å². The first-order chi connectivity index (χ1) is 16.5. The molecule has 0 spiro atoms. The van der Waals surface area contributed by atoms with Gasteiger partial charge in [0.1, 0.15) is 5.75 Å². The number of benzene rings is 2. The van der Waals surface area contributed by atoms with Crippen LogP contribution in [0.1, 0.15) is 50.1 Å². The number of allylic oxidation sites excluding steroid dienone is 1. The van der Waals surface area contributed by atoms with E-state index in [1.54, 1.807) is 13.2 Å². The quantitative estimate of drug-likeness (QED) is 0.483. The van der Waals surface area contributed by atoms with Crippen LogP contribution in [0.25, 0.3) is 17.0 Å². The molecule has 1 unspecified atom stereocenters. The molecular weight excluding hydrogens is 438 g/mol. The molecule has 176 valence electrons. The summed E-state index contributed by atoms with van der Waals surface area (Å²) in [6.45, 7) is 4.97. The van der Waals surface area contributed by atoms with Crippen LogP contribution in [0.3, 0.4) is 0 Å². The molecule has 5 rings (SSSR count). The standard InChI is InChI=1S/C26H26F2N4O2/c1-4-34-26(19-7-9-21(27)22(28)14-19)10-5-11-32-24(30-31-25(26)32)17-6-8-20(23(13-17)33-3)18-12-16(2)29-15-18/h6-9,13-15H,4-5,10-12H2,1-3H3. The van der Waals surface area contributed by atoms with Gasteiger partial charge in [-0.1, -0.05) is 18.2 Å². The molecule has 2 aliphatic rings. The molecule has 0 radical (unpaired) electrons. The molecule has 0 aliphatic carbocycles. The summed E-state index contributed by atoms with van der Waals surface area (Å²) in [5.74, 6) is 0.206. The molecule has 0 bridgehead atoms. The Kier molecular flexibility index (Phi) is 5.77. The minimum Gasteiger partial charge on any atom is -0.496 e. The Morgan fingerprint density at radius 3 is 2.65 bits per heavy atom. The van der Waals surface area contributed by atoms with Crippen molar-refractivity contribution in [2.45, 2.75) is 45.3 Å². The predicted molar refractivity (Wildman–Crippen MR) is 126 cm³/mol. The summed E-state index contributed by atoms with van der Waals surface area (Å²) in [7, 11) is 1.65. The Morgan fingerprint density at radius 2 is 1.94 bits per heavy atom. The summed E-state index contributed by atoms with van der Waals surface area (Å²) in [5.41, 5.74) is 3.56. The van der Waals surface area contributed by atoms with Gasteiger partial charge < -0.3 is 14.0 Å². The lowest BCUT2D eigenvalue weighted by Gasteiger charge is -2.37. The fraction of sp³-hybridized carbons (Fsp3) is 0.346. The van der Waals surface area contributed by atoms with E-state index in [9.17, 15) is 8.78 Å². The van der Waals surface area contributed by atoms with Crippen molar-refractivity contribution in [3.63, 3.8) is 0 Å². The van der Waals surface area contributed by atoms with E-state index in [-0.39, 0.29) is 0 Å². The van der Waals surface area contributed by atoms with Crippen LogP contribution in [-0.2, 0) is 16.9 Å². The second-order valence-electron chi connectivity index (χ2n) is 8.60. The van der Waals surface area contributed by atoms with Crippen LogP contribution < -0.4 is 4.74 Å². The zero-order valence-electron chi connectivity index (χ0n) is 19.4. The number of ether oxygens (including phenoxy) is 2. The topological polar surface area (TPSA) is 61.5 Å². The predicted octanol–water partition coefficient (Wildman–Crippen LogP) is 5.51. The summed E-state index contributed by atoms with van der Waals surface area (Å²) in [6, 6.07) is 9.87. The van der Waals surface area contributed by atoms with Gasteiger partial charge in [-0.25, -0.2) is 8.78 Å². The van der Waals surface area contributed by atoms with Crippen LogP contribution in [0.5, 0.6) is 5.75 Å². The third-order valence-electron chi connectivity index (χ3n) is 6.49. The van der Waals surface area contributed by atoms with Gasteiger partial charge in [-0.3, -0.25) is 4.99 Å². The van der Waals surface area contributed by atoms with Gasteiger partial charge in [0.25, 0.3) is 0 Å². The number of rotatable bonds is 6. The lowest BCUT2D eigenvalue weighted by molar-refractivity contribution is -0.0370. The van der Waals surface area contributed by atoms with Crippen LogP contribution in [0.15, 0.2) is 47.6 Å². The third-order valence-corrected chi connectivity index (χ3v) is 6.49. The molecule has 0 N–H and O–H groups in total. The monoisotopic (exact) mass is 464 g/mol. The minimum absolute atomic E-state index is 0.389. The molecule has 1 atom stereocenters. The maximum atomic E-state index is 14.2. The van der Waals surface area contributed by atoms with Crippen molar-refractivity contribution in [3.8, 4) is 17.1 Å². The zero-order chi connectivity index (χ0) is 23.9. The fourth-order valence-corrected chi connectivity index (χ4v) is 4.93. The van der Waals surface area contributed by atoms with Crippen LogP contribution in [0.4, 0.5) is 8.78 Å². The number of hydrogen-bond acceptors (Lipinski definition) is 5. The largest absolute Gasteiger partial charge is 0.496 e. The van der Waals surface area contributed by atoms with Gasteiger partial charge in [0, 0.05) is 42.6 Å². The normalized spacial score (nSPS) is 19.6. The first kappa shape index (κ1) is 22.4. The van der Waals surface area contributed by atoms with Gasteiger partial charge in [-0.2, -0.15) is 0 Å². The average molecular weight is 465 g/mol. The van der Waals surface area contributed by atoms with E-state index in [0.717, 1.165) is 47.1 Å². The van der Waals surface area contributed by atoms with Crippen molar-refractivity contribution in [3.05, 3.63) is 71.2 Å². The Bertz CT molecular complexity index is 1310. The maximum Gasteiger partial charge on any atom is 0.170 e. The van der Waals surface area contributed by atoms with Crippen LogP contribution in [0, 0.1) is 11.6 Å². The molecule has 8 heteroatoms. The number of aromatic nitrogens is 3. The van der Waals surface area contributed by atoms with Crippen molar-refractivity contribution in [1.29, 1.82) is 0 Å². The van der Waals surface area contributed by atoms with Gasteiger partial charge in [-0.15, -0.1) is 10.2 Å². The summed E-state index contributed by atoms with van der Waals surface area (Å²) in [5, 5.41) is 9.00. The molecule has 2 aromatic carbocycles. The highest BCUT2D eigenvalue weighted by molar-refractivity contribution is 5.97. The second kappa shape index (κ2) is 8.76. The molecule has 3 heterocycles. The Morgan fingerprint density at radius 1 is 1.09 bits per heavy atom. The highest BCUT2D eigenvalue weighted by Crippen LogP contribution is 2.43. The van der Waals surface area contributed by atoms with Gasteiger partial charge in [0.15, 0.2) is 28.9 Å². The molecule has 0 fully saturated rings. The van der Waals surface area contributed by atoms with E-state index in [0.29, 0.717) is 36.8 Å². The summed E-state index contributed by atoms with van der Waals surface area (Å²) >= 11 is 0. The van der Waals surface area contributed by atoms with E-state index in [4.69, 9.17) is 9.47 Å². The highest BCUT2D eigenvalue weighted by Gasteiger charge is 2.43. The van der Waals surface area contributed by atoms with Crippen molar-refractivity contribution >= 4 is 11.3 Å². The van der Waals surface area contributed by atoms with Gasteiger partial charge in [-0.05, 0) is 56.0 Å². The molecule has 0 saturated heterocycles. The SMILES string of the molecule is CCOC1(c2ccc(F)c(F)c2)CCCn2c(-c3ccc(C4=CN=C(C)C4)c(OC)c3)nnc21. The van der Waals surface area contributed by atoms with E-state index in [2.05, 4.69) is 15.2 Å². The molecule has 2 aliphatic heterocycles. The summed E-state index contributed by atoms with van der Waals surface area (Å²) < 4.78 is 41.7. The molecule has 0 saturated carbocycles. The Labute approximate surface area is 197 Å². The number of fused-ring (bicyclic) bond motifs is 1. The molecule has 34 heavy (non-hydrogen) atoms. The molecular formula is C26H26F2N4O2. The van der Waals surface area contributed by atoms with E-state index >= 15 is 0 Å². The zero-order valence-corrected chi connectivity index (χ0v) is 19.4. The van der Waals surface area contributed by atoms with Crippen LogP contribution in [0.2, 0.25) is 0 Å². The number of halogens is 2. The van der Waals surface area contributed by atoms with Crippen molar-refractivity contribution in [1.82, 2.24) is 14.8 Å². The van der Waals surface area contributed by atoms with Crippen molar-refractivity contribution in [2.24, 2.45) is 4.99 Å². The smallest absolute Gasteiger partial charge is 0.170 e. The molecule has 1 aromatic heterocycles. The number of aliphatic imine (C=N–C) groups is 1. The van der Waals surface area contributed by atoms with E-state index in [1.165, 1.54) is 6.07 Å². The first-order valence-corrected chi connectivity index (χ1v) is 11.4. The molecule has 0 amide bonds. The lowest BCUT2D eigenvalue weighted by Crippen LogP contribution is -2.38. The summed E-state index contributed by atoms with van der Waals surface area (Å²) in [4.78, 5) is 4.38. The van der Waals surface area contributed by atoms with E-state index in [1.807, 2.05) is 42.8 Å². The Hall–Kier alpha value is -3.39. The van der Waals surface area contributed by atoms with Gasteiger partial charge in [0.05, 0.1) is 7.11 Å². The lowest BCUT2D eigenvalue weighted by atomic mass is 9.85. The van der Waals surface area contributed by atoms with E-state index < -0.39 is 17.2 Å². The molecule has 3 aromatic rings. The summed E-state index contributed by atoms with van der Waals surface area (Å²) in [6.07, 6.45) is 4.04. The third kappa shape index (κ3) is 3.62. The van der Waals surface area contributed by atoms with Crippen LogP contribution >= 0.6 is 0 Å².